The van der Waals surface area contributed by atoms with E-state index >= 15 is 0 Å². The van der Waals surface area contributed by atoms with Crippen LogP contribution in [0.3, 0.4) is 0 Å². The average Bonchev–Trinajstić information content (AvgIpc) is 2.38. The Morgan fingerprint density at radius 3 is 2.80 bits per heavy atom. The molecule has 0 fully saturated rings. The molecule has 0 spiro atoms. The monoisotopic (exact) mass is 280 g/mol. The van der Waals surface area contributed by atoms with Crippen molar-refractivity contribution in [3.63, 3.8) is 0 Å². The highest BCUT2D eigenvalue weighted by molar-refractivity contribution is 5.98. The van der Waals surface area contributed by atoms with Gasteiger partial charge in [-0.2, -0.15) is 0 Å². The summed E-state index contributed by atoms with van der Waals surface area (Å²) in [6.07, 6.45) is -0.618. The van der Waals surface area contributed by atoms with E-state index in [1.807, 2.05) is 19.0 Å². The molecule has 8 nitrogen and oxygen atoms in total. The van der Waals surface area contributed by atoms with Crippen LogP contribution in [0.1, 0.15) is 6.92 Å². The Morgan fingerprint density at radius 2 is 2.20 bits per heavy atom. The number of rotatable bonds is 4. The zero-order valence-corrected chi connectivity index (χ0v) is 11.6. The number of carbonyl (C=O) groups excluding carboxylic acids is 1. The van der Waals surface area contributed by atoms with Crippen molar-refractivity contribution >= 4 is 17.5 Å². The summed E-state index contributed by atoms with van der Waals surface area (Å²) < 4.78 is 5.43. The van der Waals surface area contributed by atoms with E-state index in [1.54, 1.807) is 6.92 Å². The highest BCUT2D eigenvalue weighted by atomic mass is 16.6. The molecular formula is C12H16N4O4. The molecule has 1 atom stereocenters. The third-order valence-corrected chi connectivity index (χ3v) is 2.96. The molecular weight excluding hydrogens is 264 g/mol. The normalized spacial score (nSPS) is 17.9. The minimum Gasteiger partial charge on any atom is -0.475 e. The summed E-state index contributed by atoms with van der Waals surface area (Å²) >= 11 is 0. The largest absolute Gasteiger partial charge is 0.475 e. The van der Waals surface area contributed by atoms with E-state index in [-0.39, 0.29) is 17.5 Å². The lowest BCUT2D eigenvalue weighted by Gasteiger charge is -2.30. The Balaban J connectivity index is 2.38. The number of ether oxygens (including phenoxy) is 1. The molecule has 8 heteroatoms. The van der Waals surface area contributed by atoms with Gasteiger partial charge in [-0.15, -0.1) is 0 Å². The van der Waals surface area contributed by atoms with Crippen molar-refractivity contribution in [1.82, 2.24) is 9.88 Å². The fourth-order valence-corrected chi connectivity index (χ4v) is 1.89. The topological polar surface area (TPSA) is 88.8 Å². The average molecular weight is 280 g/mol. The molecule has 2 heterocycles. The van der Waals surface area contributed by atoms with Gasteiger partial charge in [-0.05, 0) is 37.0 Å². The number of hydrogen-bond acceptors (Lipinski definition) is 6. The van der Waals surface area contributed by atoms with E-state index in [9.17, 15) is 14.9 Å². The molecule has 0 bridgehead atoms. The highest BCUT2D eigenvalue weighted by Crippen LogP contribution is 2.33. The van der Waals surface area contributed by atoms with Crippen LogP contribution in [0, 0.1) is 10.1 Å². The van der Waals surface area contributed by atoms with Crippen molar-refractivity contribution in [1.29, 1.82) is 0 Å². The fraction of sp³-hybridized carbons (Fsp3) is 0.500. The lowest BCUT2D eigenvalue weighted by atomic mass is 10.2. The van der Waals surface area contributed by atoms with Gasteiger partial charge in [0, 0.05) is 19.2 Å². The molecule has 0 radical (unpaired) electrons. The van der Waals surface area contributed by atoms with Gasteiger partial charge in [0.15, 0.2) is 11.9 Å². The van der Waals surface area contributed by atoms with Crippen LogP contribution in [0.2, 0.25) is 0 Å². The second-order valence-electron chi connectivity index (χ2n) is 4.80. The maximum Gasteiger partial charge on any atom is 0.366 e. The molecule has 108 valence electrons. The molecule has 0 aromatic carbocycles. The number of fused-ring (bicyclic) bond motifs is 1. The van der Waals surface area contributed by atoms with Crippen LogP contribution < -0.4 is 9.64 Å². The van der Waals surface area contributed by atoms with Crippen molar-refractivity contribution in [3.8, 4) is 5.75 Å². The van der Waals surface area contributed by atoms with Gasteiger partial charge in [0.25, 0.3) is 11.7 Å². The van der Waals surface area contributed by atoms with E-state index in [1.165, 1.54) is 17.0 Å². The number of nitro groups is 1. The van der Waals surface area contributed by atoms with E-state index in [4.69, 9.17) is 4.74 Å². The lowest BCUT2D eigenvalue weighted by molar-refractivity contribution is -0.389. The van der Waals surface area contributed by atoms with E-state index in [2.05, 4.69) is 4.98 Å². The summed E-state index contributed by atoms with van der Waals surface area (Å²) in [5.41, 5.74) is 0. The summed E-state index contributed by atoms with van der Waals surface area (Å²) in [7, 11) is 3.77. The third kappa shape index (κ3) is 2.69. The van der Waals surface area contributed by atoms with Crippen molar-refractivity contribution in [2.45, 2.75) is 13.0 Å². The first-order chi connectivity index (χ1) is 9.40. The van der Waals surface area contributed by atoms with Crippen LogP contribution in [0.25, 0.3) is 0 Å². The maximum atomic E-state index is 12.2. The predicted molar refractivity (Wildman–Crippen MR) is 71.9 cm³/mol. The van der Waals surface area contributed by atoms with Gasteiger partial charge in [0.1, 0.15) is 0 Å². The Bertz CT molecular complexity index is 546. The molecule has 2 rings (SSSR count). The molecule has 1 amide bonds. The first kappa shape index (κ1) is 14.2. The number of aromatic nitrogens is 1. The van der Waals surface area contributed by atoms with Crippen LogP contribution in [0.4, 0.5) is 11.6 Å². The highest BCUT2D eigenvalue weighted by Gasteiger charge is 2.36. The molecule has 1 unspecified atom stereocenters. The zero-order valence-electron chi connectivity index (χ0n) is 11.6. The smallest absolute Gasteiger partial charge is 0.366 e. The summed E-state index contributed by atoms with van der Waals surface area (Å²) in [5.74, 6) is 0.0579. The van der Waals surface area contributed by atoms with Crippen molar-refractivity contribution in [2.24, 2.45) is 0 Å². The number of anilines is 1. The van der Waals surface area contributed by atoms with Gasteiger partial charge >= 0.3 is 5.82 Å². The van der Waals surface area contributed by atoms with Gasteiger partial charge in [-0.3, -0.25) is 9.69 Å². The molecule has 0 saturated heterocycles. The van der Waals surface area contributed by atoms with Crippen LogP contribution in [-0.4, -0.2) is 54.0 Å². The first-order valence-corrected chi connectivity index (χ1v) is 6.18. The van der Waals surface area contributed by atoms with Gasteiger partial charge in [0.05, 0.1) is 0 Å². The second-order valence-corrected chi connectivity index (χ2v) is 4.80. The maximum absolute atomic E-state index is 12.2. The molecule has 1 aliphatic rings. The zero-order chi connectivity index (χ0) is 14.9. The molecule has 1 aliphatic heterocycles. The second kappa shape index (κ2) is 5.41. The molecule has 1 aromatic heterocycles. The van der Waals surface area contributed by atoms with Gasteiger partial charge in [-0.25, -0.2) is 0 Å². The number of likely N-dealkylation sites (N-methyl/N-ethyl adjacent to an activating group) is 1. The number of pyridine rings is 1. The van der Waals surface area contributed by atoms with Gasteiger partial charge in [0.2, 0.25) is 0 Å². The standard InChI is InChI=1S/C12H16N4O4/c1-8-12(17)15(7-6-14(2)3)11-9(20-8)4-5-10(13-11)16(18)19/h4-5,8H,6-7H2,1-3H3. The Kier molecular flexibility index (Phi) is 3.84. The minimum atomic E-state index is -0.618. The molecule has 0 aliphatic carbocycles. The van der Waals surface area contributed by atoms with Gasteiger partial charge in [-0.1, -0.05) is 0 Å². The van der Waals surface area contributed by atoms with Crippen molar-refractivity contribution in [2.75, 3.05) is 32.1 Å². The molecule has 20 heavy (non-hydrogen) atoms. The SMILES string of the molecule is CC1Oc2ccc([N+](=O)[O-])nc2N(CCN(C)C)C1=O. The Hall–Kier alpha value is -2.22. The summed E-state index contributed by atoms with van der Waals surface area (Å²) in [6.45, 7) is 2.68. The predicted octanol–water partition coefficient (Wildman–Crippen LogP) is 0.665. The number of amides is 1. The Labute approximate surface area is 116 Å². The number of carbonyl (C=O) groups is 1. The summed E-state index contributed by atoms with van der Waals surface area (Å²) in [4.78, 5) is 29.6. The lowest BCUT2D eigenvalue weighted by Crippen LogP contribution is -2.47. The molecule has 1 aromatic rings. The van der Waals surface area contributed by atoms with Crippen molar-refractivity contribution < 1.29 is 14.5 Å². The minimum absolute atomic E-state index is 0.212. The van der Waals surface area contributed by atoms with E-state index in [0.717, 1.165) is 0 Å². The number of hydrogen-bond donors (Lipinski definition) is 0. The van der Waals surface area contributed by atoms with E-state index < -0.39 is 11.0 Å². The summed E-state index contributed by atoms with van der Waals surface area (Å²) in [5, 5.41) is 10.8. The third-order valence-electron chi connectivity index (χ3n) is 2.96. The van der Waals surface area contributed by atoms with E-state index in [0.29, 0.717) is 18.8 Å². The van der Waals surface area contributed by atoms with Crippen LogP contribution in [-0.2, 0) is 4.79 Å². The quantitative estimate of drug-likeness (QED) is 0.594. The first-order valence-electron chi connectivity index (χ1n) is 6.18. The van der Waals surface area contributed by atoms with Crippen LogP contribution >= 0.6 is 0 Å². The van der Waals surface area contributed by atoms with Crippen molar-refractivity contribution in [3.05, 3.63) is 22.2 Å². The molecule has 0 N–H and O–H groups in total. The van der Waals surface area contributed by atoms with Crippen LogP contribution in [0.15, 0.2) is 12.1 Å². The Morgan fingerprint density at radius 1 is 1.50 bits per heavy atom. The fourth-order valence-electron chi connectivity index (χ4n) is 1.89. The summed E-state index contributed by atoms with van der Waals surface area (Å²) in [6, 6.07) is 2.75. The van der Waals surface area contributed by atoms with Gasteiger partial charge < -0.3 is 19.8 Å². The molecule has 0 saturated carbocycles. The van der Waals surface area contributed by atoms with Crippen LogP contribution in [0.5, 0.6) is 5.75 Å². The number of nitrogens with zero attached hydrogens (tertiary/aromatic N) is 4.